The van der Waals surface area contributed by atoms with Crippen molar-refractivity contribution in [1.82, 2.24) is 0 Å². The van der Waals surface area contributed by atoms with Gasteiger partial charge >= 0.3 is 0 Å². The molecular weight excluding hydrogens is 1320 g/mol. The van der Waals surface area contributed by atoms with Crippen molar-refractivity contribution < 1.29 is 17.7 Å². The van der Waals surface area contributed by atoms with Gasteiger partial charge in [-0.1, -0.05) is 273 Å². The smallest absolute Gasteiger partial charge is 0.159 e. The Kier molecular flexibility index (Phi) is 21.3. The van der Waals surface area contributed by atoms with Gasteiger partial charge < -0.3 is 37.3 Å². The van der Waals surface area contributed by atoms with Crippen LogP contribution in [0.4, 0.5) is 45.5 Å². The van der Waals surface area contributed by atoms with E-state index in [-0.39, 0.29) is 5.41 Å². The molecule has 0 N–H and O–H groups in total. The van der Waals surface area contributed by atoms with Gasteiger partial charge in [-0.2, -0.15) is 0 Å². The Hall–Kier alpha value is -11.0. The van der Waals surface area contributed by atoms with Crippen LogP contribution in [0.5, 0.6) is 0 Å². The third-order valence-corrected chi connectivity index (χ3v) is 22.4. The molecule has 0 saturated heterocycles. The average Bonchev–Trinajstić information content (AvgIpc) is 1.60. The Morgan fingerprint density at radius 2 is 0.574 bits per heavy atom. The van der Waals surface area contributed by atoms with Crippen molar-refractivity contribution in [2.75, 3.05) is 47.8 Å². The van der Waals surface area contributed by atoms with Crippen molar-refractivity contribution in [3.05, 3.63) is 288 Å². The topological polar surface area (TPSA) is 65.5 Å². The summed E-state index contributed by atoms with van der Waals surface area (Å²) >= 11 is 0. The first-order valence-corrected chi connectivity index (χ1v) is 39.1. The number of para-hydroxylation sites is 8. The number of benzene rings is 12. The summed E-state index contributed by atoms with van der Waals surface area (Å²) in [7, 11) is 8.43. The van der Waals surface area contributed by atoms with Crippen LogP contribution in [0.3, 0.4) is 0 Å². The molecule has 1 saturated carbocycles. The molecule has 17 rings (SSSR count). The zero-order valence-electron chi connectivity index (χ0n) is 66.4. The van der Waals surface area contributed by atoms with E-state index in [0.717, 1.165) is 95.2 Å². The molecule has 0 amide bonds. The second-order valence-electron chi connectivity index (χ2n) is 32.3. The fraction of sp³-hybridized carbons (Fsp3) is 0.280. The monoisotopic (exact) mass is 1430 g/mol. The Morgan fingerprint density at radius 3 is 0.954 bits per heavy atom. The minimum atomic E-state index is 0.0339. The van der Waals surface area contributed by atoms with Crippen LogP contribution in [-0.2, 0) is 5.41 Å². The van der Waals surface area contributed by atoms with E-state index in [1.54, 1.807) is 0 Å². The predicted octanol–water partition coefficient (Wildman–Crippen LogP) is 30.0. The van der Waals surface area contributed by atoms with E-state index in [1.807, 2.05) is 12.1 Å². The number of anilines is 8. The number of nitrogens with zero attached hydrogens (tertiary/aromatic N) is 4. The highest BCUT2D eigenvalue weighted by molar-refractivity contribution is 6.13. The Balaban J connectivity index is 0.000000121. The molecule has 8 nitrogen and oxygen atoms in total. The molecule has 12 aromatic carbocycles. The highest BCUT2D eigenvalue weighted by Crippen LogP contribution is 2.47. The maximum Gasteiger partial charge on any atom is 0.159 e. The molecule has 550 valence electrons. The van der Waals surface area contributed by atoms with Crippen LogP contribution >= 0.6 is 0 Å². The van der Waals surface area contributed by atoms with Gasteiger partial charge in [0, 0.05) is 99.6 Å². The minimum Gasteiger partial charge on any atom is -0.454 e. The van der Waals surface area contributed by atoms with Crippen molar-refractivity contribution in [2.24, 2.45) is 0 Å². The van der Waals surface area contributed by atoms with E-state index in [1.165, 1.54) is 103 Å². The second kappa shape index (κ2) is 31.1. The fourth-order valence-electron chi connectivity index (χ4n) is 15.7. The van der Waals surface area contributed by atoms with Gasteiger partial charge in [-0.25, -0.2) is 0 Å². The van der Waals surface area contributed by atoms with Gasteiger partial charge in [0.2, 0.25) is 0 Å². The normalized spacial score (nSPS) is 12.7. The molecule has 0 radical (unpaired) electrons. The summed E-state index contributed by atoms with van der Waals surface area (Å²) in [4.78, 5) is 8.86. The number of rotatable bonds is 14. The summed E-state index contributed by atoms with van der Waals surface area (Å²) in [6, 6.07) is 88.8. The first-order chi connectivity index (χ1) is 52.0. The summed E-state index contributed by atoms with van der Waals surface area (Å²) in [5.41, 5.74) is 26.3. The third kappa shape index (κ3) is 14.7. The fourth-order valence-corrected chi connectivity index (χ4v) is 15.7. The quantitative estimate of drug-likeness (QED) is 0.107. The minimum absolute atomic E-state index is 0.0339. The van der Waals surface area contributed by atoms with Crippen LogP contribution in [0.25, 0.3) is 87.8 Å². The van der Waals surface area contributed by atoms with E-state index in [4.69, 9.17) is 17.7 Å². The molecule has 1 aliphatic carbocycles. The number of hydrogen-bond donors (Lipinski definition) is 0. The van der Waals surface area contributed by atoms with E-state index >= 15 is 0 Å². The van der Waals surface area contributed by atoms with Crippen LogP contribution in [0.1, 0.15) is 190 Å². The van der Waals surface area contributed by atoms with E-state index in [0.29, 0.717) is 35.5 Å². The summed E-state index contributed by atoms with van der Waals surface area (Å²) in [6.45, 7) is 28.9. The van der Waals surface area contributed by atoms with E-state index in [2.05, 4.69) is 374 Å². The van der Waals surface area contributed by atoms with Crippen molar-refractivity contribution in [3.8, 4) is 0 Å². The van der Waals surface area contributed by atoms with Crippen molar-refractivity contribution >= 4 is 133 Å². The van der Waals surface area contributed by atoms with Gasteiger partial charge in [0.15, 0.2) is 22.3 Å². The maximum atomic E-state index is 6.59. The summed E-state index contributed by atoms with van der Waals surface area (Å²) in [5, 5.41) is 9.51. The van der Waals surface area contributed by atoms with Crippen molar-refractivity contribution in [1.29, 1.82) is 0 Å². The molecule has 16 aromatic rings. The molecule has 0 spiro atoms. The van der Waals surface area contributed by atoms with Gasteiger partial charge in [0.1, 0.15) is 22.3 Å². The number of furan rings is 4. The molecule has 1 aliphatic rings. The molecule has 4 heterocycles. The van der Waals surface area contributed by atoms with Crippen LogP contribution in [0, 0.1) is 0 Å². The lowest BCUT2D eigenvalue weighted by molar-refractivity contribution is 0.573. The number of hydrogen-bond acceptors (Lipinski definition) is 8. The Labute approximate surface area is 639 Å². The van der Waals surface area contributed by atoms with Crippen molar-refractivity contribution in [3.63, 3.8) is 0 Å². The van der Waals surface area contributed by atoms with Crippen LogP contribution in [0.15, 0.2) is 266 Å². The maximum absolute atomic E-state index is 6.59. The van der Waals surface area contributed by atoms with Crippen LogP contribution in [-0.4, -0.2) is 28.2 Å². The van der Waals surface area contributed by atoms with Gasteiger partial charge in [0.05, 0.1) is 22.7 Å². The first kappa shape index (κ1) is 73.9. The Bertz CT molecular complexity index is 5790. The van der Waals surface area contributed by atoms with E-state index in [9.17, 15) is 0 Å². The largest absolute Gasteiger partial charge is 0.454 e. The standard InChI is InChI=1S/C27H29NO.C26H29NO.C25H27NO.C22H21NO/c1-18(2)19-14-16-21(17-15-19)28(3)25-13-7-12-24-23-11-6-10-22(20-8-4-5-9-20)26(23)29-27(24)25;1-17(2)18-13-15-19(16-14-18)27(6)23-12-8-10-21-20-9-7-11-22(26(3,4)5)24(20)28-25(21)23;1-16(2)18-12-14-19(15-13-18)26(5)23-11-7-10-22-21-9-6-8-20(17(3)4)24(21)27-25(22)23;1-15(2)16-11-13-17(14-12-16)23(3)20-9-6-8-19-18-7-4-5-10-21(18)24-22(19)20/h6-7,10-18,20H,4-5,8-9H2,1-3H3;7-17H,1-6H3;6-17H,1-5H3;4-15H,1-3H3. The molecule has 4 aromatic heterocycles. The molecule has 0 unspecified atom stereocenters. The average molecular weight is 1430 g/mol. The highest BCUT2D eigenvalue weighted by atomic mass is 16.3. The Morgan fingerprint density at radius 1 is 0.278 bits per heavy atom. The lowest BCUT2D eigenvalue weighted by atomic mass is 9.86. The van der Waals surface area contributed by atoms with E-state index < -0.39 is 0 Å². The van der Waals surface area contributed by atoms with Crippen molar-refractivity contribution in [2.45, 2.75) is 157 Å². The molecule has 8 heteroatoms. The first-order valence-electron chi connectivity index (χ1n) is 39.1. The summed E-state index contributed by atoms with van der Waals surface area (Å²) < 4.78 is 25.7. The van der Waals surface area contributed by atoms with Gasteiger partial charge in [-0.05, 0) is 166 Å². The lowest BCUT2D eigenvalue weighted by Gasteiger charge is -2.20. The van der Waals surface area contributed by atoms with Crippen LogP contribution in [0.2, 0.25) is 0 Å². The SMILES string of the molecule is CC(C)c1ccc(N(C)c2cccc3c2oc2c(C(C)(C)C)cccc23)cc1.CC(C)c1ccc(N(C)c2cccc3c2oc2c(C(C)C)cccc23)cc1.CC(C)c1ccc(N(C)c2cccc3c2oc2c(C4CCCC4)cccc23)cc1.CC(C)c1ccc(N(C)c2cccc3c2oc2ccccc23)cc1. The predicted molar refractivity (Wildman–Crippen MR) is 463 cm³/mol. The molecule has 0 aliphatic heterocycles. The molecule has 1 fully saturated rings. The second-order valence-corrected chi connectivity index (χ2v) is 32.3. The van der Waals surface area contributed by atoms with Crippen LogP contribution < -0.4 is 19.6 Å². The summed E-state index contributed by atoms with van der Waals surface area (Å²) in [6.07, 6.45) is 5.24. The lowest BCUT2D eigenvalue weighted by Crippen LogP contribution is -2.11. The molecule has 0 atom stereocenters. The number of fused-ring (bicyclic) bond motifs is 12. The highest BCUT2D eigenvalue weighted by Gasteiger charge is 2.26. The van der Waals surface area contributed by atoms with Gasteiger partial charge in [0.25, 0.3) is 0 Å². The van der Waals surface area contributed by atoms with Gasteiger partial charge in [-0.15, -0.1) is 0 Å². The zero-order valence-corrected chi connectivity index (χ0v) is 66.4. The molecular formula is C100H106N4O4. The van der Waals surface area contributed by atoms with Gasteiger partial charge in [-0.3, -0.25) is 0 Å². The molecule has 0 bridgehead atoms. The zero-order chi connectivity index (χ0) is 75.8. The molecule has 108 heavy (non-hydrogen) atoms. The third-order valence-electron chi connectivity index (χ3n) is 22.4. The summed E-state index contributed by atoms with van der Waals surface area (Å²) in [5.74, 6) is 3.24.